The van der Waals surface area contributed by atoms with E-state index in [-0.39, 0.29) is 0 Å². The van der Waals surface area contributed by atoms with Gasteiger partial charge in [-0.25, -0.2) is 0 Å². The molecule has 0 radical (unpaired) electrons. The highest BCUT2D eigenvalue weighted by Gasteiger charge is 2.39. The fourth-order valence-electron chi connectivity index (χ4n) is 3.66. The molecule has 0 aromatic rings. The summed E-state index contributed by atoms with van der Waals surface area (Å²) in [5.74, 6) is 4.15. The average Bonchev–Trinajstić information content (AvgIpc) is 2.85. The highest BCUT2D eigenvalue weighted by Crippen LogP contribution is 2.44. The van der Waals surface area contributed by atoms with E-state index < -0.39 is 0 Å². The van der Waals surface area contributed by atoms with Gasteiger partial charge in [0.15, 0.2) is 0 Å². The van der Waals surface area contributed by atoms with E-state index in [0.717, 1.165) is 29.7 Å². The second-order valence-electron chi connectivity index (χ2n) is 6.00. The first-order valence-electron chi connectivity index (χ1n) is 6.56. The normalized spacial score (nSPS) is 43.1. The Morgan fingerprint density at radius 2 is 2.00 bits per heavy atom. The summed E-state index contributed by atoms with van der Waals surface area (Å²) in [6.07, 6.45) is 9.07. The van der Waals surface area contributed by atoms with Crippen LogP contribution < -0.4 is 5.32 Å². The van der Waals surface area contributed by atoms with Crippen LogP contribution >= 0.6 is 0 Å². The molecule has 3 aliphatic rings. The molecule has 2 bridgehead atoms. The van der Waals surface area contributed by atoms with Gasteiger partial charge < -0.3 is 5.32 Å². The third-order valence-corrected chi connectivity index (χ3v) is 4.87. The lowest BCUT2D eigenvalue weighted by Gasteiger charge is -2.24. The van der Waals surface area contributed by atoms with Crippen molar-refractivity contribution < 1.29 is 0 Å². The molecule has 3 saturated carbocycles. The van der Waals surface area contributed by atoms with Crippen LogP contribution in [-0.2, 0) is 0 Å². The first kappa shape index (κ1) is 9.21. The lowest BCUT2D eigenvalue weighted by molar-refractivity contribution is 0.325. The molecule has 14 heavy (non-hydrogen) atoms. The molecule has 0 aliphatic heterocycles. The maximum Gasteiger partial charge on any atom is 0.00981 e. The summed E-state index contributed by atoms with van der Waals surface area (Å²) in [6.45, 7) is 3.72. The fraction of sp³-hybridized carbons (Fsp3) is 1.00. The topological polar surface area (TPSA) is 12.0 Å². The number of hydrogen-bond donors (Lipinski definition) is 1. The Balaban J connectivity index is 1.44. The number of fused-ring (bicyclic) bond motifs is 2. The third kappa shape index (κ3) is 1.71. The van der Waals surface area contributed by atoms with Gasteiger partial charge in [0.05, 0.1) is 0 Å². The second kappa shape index (κ2) is 3.52. The molecule has 0 spiro atoms. The first-order chi connectivity index (χ1) is 6.83. The molecular formula is C13H23N. The van der Waals surface area contributed by atoms with Crippen LogP contribution in [0.1, 0.15) is 45.4 Å². The quantitative estimate of drug-likeness (QED) is 0.724. The molecule has 1 N–H and O–H groups in total. The van der Waals surface area contributed by atoms with Crippen LogP contribution in [0.25, 0.3) is 0 Å². The minimum absolute atomic E-state index is 0.898. The third-order valence-electron chi connectivity index (χ3n) is 4.87. The van der Waals surface area contributed by atoms with Crippen LogP contribution in [-0.4, -0.2) is 12.6 Å². The molecule has 0 heterocycles. The minimum Gasteiger partial charge on any atom is -0.313 e. The van der Waals surface area contributed by atoms with Crippen molar-refractivity contribution in [3.8, 4) is 0 Å². The molecule has 0 amide bonds. The van der Waals surface area contributed by atoms with E-state index in [1.165, 1.54) is 45.1 Å². The Morgan fingerprint density at radius 3 is 2.57 bits per heavy atom. The van der Waals surface area contributed by atoms with Gasteiger partial charge in [0.1, 0.15) is 0 Å². The molecular weight excluding hydrogens is 170 g/mol. The van der Waals surface area contributed by atoms with E-state index in [9.17, 15) is 0 Å². The highest BCUT2D eigenvalue weighted by molar-refractivity contribution is 4.94. The summed E-state index contributed by atoms with van der Waals surface area (Å²) in [4.78, 5) is 0. The highest BCUT2D eigenvalue weighted by atomic mass is 14.9. The molecule has 3 fully saturated rings. The summed E-state index contributed by atoms with van der Waals surface area (Å²) in [7, 11) is 0. The first-order valence-corrected chi connectivity index (χ1v) is 6.56. The van der Waals surface area contributed by atoms with Gasteiger partial charge >= 0.3 is 0 Å². The molecule has 4 unspecified atom stereocenters. The van der Waals surface area contributed by atoms with Crippen molar-refractivity contribution in [2.45, 2.75) is 51.5 Å². The zero-order valence-electron chi connectivity index (χ0n) is 9.34. The Bertz CT molecular complexity index is 209. The van der Waals surface area contributed by atoms with Crippen molar-refractivity contribution in [3.05, 3.63) is 0 Å². The van der Waals surface area contributed by atoms with Gasteiger partial charge in [-0.15, -0.1) is 0 Å². The predicted molar refractivity (Wildman–Crippen MR) is 59.1 cm³/mol. The van der Waals surface area contributed by atoms with Crippen LogP contribution in [0.15, 0.2) is 0 Å². The lowest BCUT2D eigenvalue weighted by atomic mass is 9.94. The maximum absolute atomic E-state index is 3.83. The number of hydrogen-bond acceptors (Lipinski definition) is 1. The maximum atomic E-state index is 3.83. The van der Waals surface area contributed by atoms with E-state index >= 15 is 0 Å². The molecule has 4 atom stereocenters. The van der Waals surface area contributed by atoms with Gasteiger partial charge in [0, 0.05) is 6.04 Å². The fourth-order valence-corrected chi connectivity index (χ4v) is 3.66. The SMILES string of the molecule is CC(CNC1CC2CCC1C2)C1CC1. The van der Waals surface area contributed by atoms with Crippen molar-refractivity contribution in [2.24, 2.45) is 23.7 Å². The molecule has 0 aromatic heterocycles. The van der Waals surface area contributed by atoms with Gasteiger partial charge in [0.25, 0.3) is 0 Å². The van der Waals surface area contributed by atoms with Gasteiger partial charge in [-0.1, -0.05) is 13.3 Å². The van der Waals surface area contributed by atoms with E-state index in [1.807, 2.05) is 0 Å². The summed E-state index contributed by atoms with van der Waals surface area (Å²) >= 11 is 0. The van der Waals surface area contributed by atoms with Crippen LogP contribution in [0.5, 0.6) is 0 Å². The number of nitrogens with one attached hydrogen (secondary N) is 1. The Labute approximate surface area is 87.7 Å². The van der Waals surface area contributed by atoms with E-state index in [2.05, 4.69) is 12.2 Å². The summed E-state index contributed by atoms with van der Waals surface area (Å²) in [6, 6.07) is 0.898. The predicted octanol–water partition coefficient (Wildman–Crippen LogP) is 2.81. The molecule has 3 aliphatic carbocycles. The van der Waals surface area contributed by atoms with Crippen molar-refractivity contribution >= 4 is 0 Å². The van der Waals surface area contributed by atoms with E-state index in [1.54, 1.807) is 0 Å². The van der Waals surface area contributed by atoms with Gasteiger partial charge in [-0.05, 0) is 62.3 Å². The van der Waals surface area contributed by atoms with E-state index in [0.29, 0.717) is 0 Å². The summed E-state index contributed by atoms with van der Waals surface area (Å²) < 4.78 is 0. The molecule has 1 nitrogen and oxygen atoms in total. The summed E-state index contributed by atoms with van der Waals surface area (Å²) in [5.41, 5.74) is 0. The van der Waals surface area contributed by atoms with Crippen LogP contribution in [0.2, 0.25) is 0 Å². The molecule has 1 heteroatoms. The number of rotatable bonds is 4. The summed E-state index contributed by atoms with van der Waals surface area (Å²) in [5, 5.41) is 3.83. The van der Waals surface area contributed by atoms with Crippen molar-refractivity contribution in [2.75, 3.05) is 6.54 Å². The second-order valence-corrected chi connectivity index (χ2v) is 6.00. The molecule has 0 saturated heterocycles. The zero-order chi connectivity index (χ0) is 9.54. The monoisotopic (exact) mass is 193 g/mol. The van der Waals surface area contributed by atoms with Crippen LogP contribution in [0.4, 0.5) is 0 Å². The molecule has 80 valence electrons. The Hall–Kier alpha value is -0.0400. The van der Waals surface area contributed by atoms with Gasteiger partial charge in [-0.3, -0.25) is 0 Å². The van der Waals surface area contributed by atoms with Gasteiger partial charge in [0.2, 0.25) is 0 Å². The molecule has 3 rings (SSSR count). The van der Waals surface area contributed by atoms with Crippen molar-refractivity contribution in [1.29, 1.82) is 0 Å². The Morgan fingerprint density at radius 1 is 1.14 bits per heavy atom. The van der Waals surface area contributed by atoms with E-state index in [4.69, 9.17) is 0 Å². The van der Waals surface area contributed by atoms with Crippen LogP contribution in [0, 0.1) is 23.7 Å². The largest absolute Gasteiger partial charge is 0.313 e. The zero-order valence-corrected chi connectivity index (χ0v) is 9.34. The minimum atomic E-state index is 0.898. The van der Waals surface area contributed by atoms with Crippen molar-refractivity contribution in [3.63, 3.8) is 0 Å². The smallest absolute Gasteiger partial charge is 0.00981 e. The van der Waals surface area contributed by atoms with Crippen molar-refractivity contribution in [1.82, 2.24) is 5.32 Å². The molecule has 0 aromatic carbocycles. The van der Waals surface area contributed by atoms with Gasteiger partial charge in [-0.2, -0.15) is 0 Å². The van der Waals surface area contributed by atoms with Crippen LogP contribution in [0.3, 0.4) is 0 Å². The lowest BCUT2D eigenvalue weighted by Crippen LogP contribution is -2.37. The standard InChI is InChI=1S/C13H23N/c1-9(11-4-5-11)8-14-13-7-10-2-3-12(13)6-10/h9-14H,2-8H2,1H3. The Kier molecular flexibility index (Phi) is 2.31. The average molecular weight is 193 g/mol.